The van der Waals surface area contributed by atoms with Gasteiger partial charge < -0.3 is 5.11 Å². The number of hydrogen-bond acceptors (Lipinski definition) is 5. The number of rotatable bonds is 3. The van der Waals surface area contributed by atoms with Crippen molar-refractivity contribution < 1.29 is 23.5 Å². The van der Waals surface area contributed by atoms with Crippen molar-refractivity contribution in [2.45, 2.75) is 13.0 Å². The zero-order valence-electron chi connectivity index (χ0n) is 17.3. The molecule has 1 aromatic heterocycles. The second-order valence-corrected chi connectivity index (χ2v) is 8.71. The van der Waals surface area contributed by atoms with Crippen LogP contribution in [-0.2, 0) is 9.59 Å². The van der Waals surface area contributed by atoms with Crippen LogP contribution in [0, 0.1) is 18.6 Å². The molecule has 1 N–H and O–H groups in total. The number of nitrogens with zero attached hydrogens (tertiary/aromatic N) is 2. The van der Waals surface area contributed by atoms with Gasteiger partial charge >= 0.3 is 5.91 Å². The Bertz CT molecular complexity index is 1460. The summed E-state index contributed by atoms with van der Waals surface area (Å²) >= 11 is 1.22. The monoisotopic (exact) mass is 462 g/mol. The maximum absolute atomic E-state index is 14.1. The first kappa shape index (κ1) is 21.0. The van der Waals surface area contributed by atoms with Crippen LogP contribution in [0.5, 0.6) is 0 Å². The third-order valence-corrected chi connectivity index (χ3v) is 6.48. The van der Waals surface area contributed by atoms with Gasteiger partial charge in [-0.2, -0.15) is 0 Å². The van der Waals surface area contributed by atoms with Gasteiger partial charge in [-0.1, -0.05) is 29.5 Å². The van der Waals surface area contributed by atoms with Crippen molar-refractivity contribution in [3.8, 4) is 0 Å². The van der Waals surface area contributed by atoms with Crippen LogP contribution in [0.2, 0.25) is 0 Å². The number of amides is 1. The second-order valence-electron chi connectivity index (χ2n) is 7.70. The highest BCUT2D eigenvalue weighted by molar-refractivity contribution is 7.22. The Balaban J connectivity index is 1.74. The lowest BCUT2D eigenvalue weighted by atomic mass is 9.95. The quantitative estimate of drug-likeness (QED) is 0.248. The fraction of sp³-hybridized carbons (Fsp3) is 0.0800. The number of halogens is 2. The molecule has 1 atom stereocenters. The number of fused-ring (bicyclic) bond motifs is 1. The molecule has 3 aromatic carbocycles. The Morgan fingerprint density at radius 3 is 2.48 bits per heavy atom. The lowest BCUT2D eigenvalue weighted by Gasteiger charge is -2.23. The van der Waals surface area contributed by atoms with E-state index >= 15 is 0 Å². The number of aryl methyl sites for hydroxylation is 1. The summed E-state index contributed by atoms with van der Waals surface area (Å²) in [7, 11) is 0. The van der Waals surface area contributed by atoms with E-state index in [1.54, 1.807) is 6.07 Å². The molecule has 0 radical (unpaired) electrons. The van der Waals surface area contributed by atoms with Gasteiger partial charge in [-0.3, -0.25) is 14.5 Å². The predicted octanol–water partition coefficient (Wildman–Crippen LogP) is 5.51. The fourth-order valence-electron chi connectivity index (χ4n) is 3.91. The molecule has 0 spiro atoms. The minimum Gasteiger partial charge on any atom is -0.507 e. The Morgan fingerprint density at radius 2 is 1.76 bits per heavy atom. The zero-order valence-corrected chi connectivity index (χ0v) is 18.1. The van der Waals surface area contributed by atoms with E-state index in [-0.39, 0.29) is 16.3 Å². The van der Waals surface area contributed by atoms with Crippen molar-refractivity contribution >= 4 is 44.1 Å². The summed E-state index contributed by atoms with van der Waals surface area (Å²) < 4.78 is 28.3. The number of aromatic nitrogens is 1. The molecule has 5 nitrogen and oxygen atoms in total. The van der Waals surface area contributed by atoms with Crippen LogP contribution in [-0.4, -0.2) is 21.8 Å². The number of ketones is 1. The standard InChI is InChI=1S/C25H16F2N2O3S/c1-13-5-10-18-19(11-13)33-25(28-18)29-21(15-3-2-4-17(27)12-15)20(23(31)24(29)32)22(30)14-6-8-16(26)9-7-14/h2-12,21,30H,1H3/t21-/m0/s1. The number of Topliss-reactive ketones (excluding diaryl/α,β-unsaturated/α-hetero) is 1. The van der Waals surface area contributed by atoms with Gasteiger partial charge in [0.1, 0.15) is 17.4 Å². The summed E-state index contributed by atoms with van der Waals surface area (Å²) in [4.78, 5) is 32.0. The minimum absolute atomic E-state index is 0.163. The molecule has 0 unspecified atom stereocenters. The molecule has 0 saturated carbocycles. The Labute approximate surface area is 191 Å². The van der Waals surface area contributed by atoms with Crippen molar-refractivity contribution in [3.63, 3.8) is 0 Å². The number of aliphatic hydroxyl groups excluding tert-OH is 1. The number of carbonyl (C=O) groups excluding carboxylic acids is 2. The lowest BCUT2D eigenvalue weighted by Crippen LogP contribution is -2.29. The summed E-state index contributed by atoms with van der Waals surface area (Å²) in [5.74, 6) is -3.36. The van der Waals surface area contributed by atoms with E-state index in [2.05, 4.69) is 4.98 Å². The highest BCUT2D eigenvalue weighted by Gasteiger charge is 2.48. The molecular formula is C25H16F2N2O3S. The van der Waals surface area contributed by atoms with E-state index in [0.29, 0.717) is 11.1 Å². The molecule has 164 valence electrons. The summed E-state index contributed by atoms with van der Waals surface area (Å²) in [6.45, 7) is 1.93. The first-order valence-electron chi connectivity index (χ1n) is 10.0. The number of anilines is 1. The van der Waals surface area contributed by atoms with Crippen molar-refractivity contribution in [2.75, 3.05) is 4.90 Å². The van der Waals surface area contributed by atoms with Crippen LogP contribution in [0.3, 0.4) is 0 Å². The number of hydrogen-bond donors (Lipinski definition) is 1. The number of carbonyl (C=O) groups is 2. The van der Waals surface area contributed by atoms with E-state index in [1.807, 2.05) is 25.1 Å². The topological polar surface area (TPSA) is 70.5 Å². The van der Waals surface area contributed by atoms with Crippen molar-refractivity contribution in [1.82, 2.24) is 4.98 Å². The first-order valence-corrected chi connectivity index (χ1v) is 10.8. The van der Waals surface area contributed by atoms with Gasteiger partial charge in [-0.05, 0) is 66.6 Å². The van der Waals surface area contributed by atoms with Crippen LogP contribution in [0.15, 0.2) is 72.3 Å². The largest absolute Gasteiger partial charge is 0.507 e. The lowest BCUT2D eigenvalue weighted by molar-refractivity contribution is -0.132. The smallest absolute Gasteiger partial charge is 0.301 e. The third kappa shape index (κ3) is 3.58. The summed E-state index contributed by atoms with van der Waals surface area (Å²) in [6.07, 6.45) is 0. The molecule has 2 heterocycles. The van der Waals surface area contributed by atoms with Crippen molar-refractivity contribution in [1.29, 1.82) is 0 Å². The molecule has 5 rings (SSSR count). The molecule has 1 saturated heterocycles. The second kappa shape index (κ2) is 7.90. The zero-order chi connectivity index (χ0) is 23.3. The van der Waals surface area contributed by atoms with Gasteiger partial charge in [0, 0.05) is 5.56 Å². The molecule has 4 aromatic rings. The van der Waals surface area contributed by atoms with E-state index < -0.39 is 35.1 Å². The SMILES string of the molecule is Cc1ccc2nc(N3C(=O)C(=O)C(=C(O)c4ccc(F)cc4)[C@@H]3c3cccc(F)c3)sc2c1. The molecule has 0 bridgehead atoms. The predicted molar refractivity (Wildman–Crippen MR) is 122 cm³/mol. The fourth-order valence-corrected chi connectivity index (χ4v) is 5.00. The summed E-state index contributed by atoms with van der Waals surface area (Å²) in [6, 6.07) is 14.9. The van der Waals surface area contributed by atoms with Crippen LogP contribution < -0.4 is 4.90 Å². The van der Waals surface area contributed by atoms with Crippen LogP contribution >= 0.6 is 11.3 Å². The van der Waals surface area contributed by atoms with Gasteiger partial charge in [-0.15, -0.1) is 0 Å². The van der Waals surface area contributed by atoms with E-state index in [4.69, 9.17) is 0 Å². The molecule has 1 amide bonds. The Morgan fingerprint density at radius 1 is 1.00 bits per heavy atom. The van der Waals surface area contributed by atoms with Crippen molar-refractivity contribution in [3.05, 3.63) is 101 Å². The number of thiazole rings is 1. The summed E-state index contributed by atoms with van der Waals surface area (Å²) in [5, 5.41) is 11.2. The molecule has 1 fully saturated rings. The Kier molecular flexibility index (Phi) is 5.02. The number of benzene rings is 3. The van der Waals surface area contributed by atoms with Gasteiger partial charge in [0.25, 0.3) is 5.78 Å². The first-order chi connectivity index (χ1) is 15.8. The maximum atomic E-state index is 14.1. The van der Waals surface area contributed by atoms with Crippen molar-refractivity contribution in [2.24, 2.45) is 0 Å². The van der Waals surface area contributed by atoms with Crippen LogP contribution in [0.1, 0.15) is 22.7 Å². The van der Waals surface area contributed by atoms with E-state index in [0.717, 1.165) is 22.4 Å². The number of aliphatic hydroxyl groups is 1. The van der Waals surface area contributed by atoms with Crippen LogP contribution in [0.25, 0.3) is 16.0 Å². The third-order valence-electron chi connectivity index (χ3n) is 5.47. The van der Waals surface area contributed by atoms with E-state index in [1.165, 1.54) is 46.6 Å². The Hall–Kier alpha value is -3.91. The normalized spacial score (nSPS) is 17.8. The molecule has 0 aliphatic carbocycles. The van der Waals surface area contributed by atoms with Gasteiger partial charge in [0.2, 0.25) is 0 Å². The van der Waals surface area contributed by atoms with Gasteiger partial charge in [0.15, 0.2) is 5.13 Å². The average molecular weight is 462 g/mol. The summed E-state index contributed by atoms with van der Waals surface area (Å²) in [5.41, 5.74) is 1.91. The van der Waals surface area contributed by atoms with Crippen LogP contribution in [0.4, 0.5) is 13.9 Å². The maximum Gasteiger partial charge on any atom is 0.301 e. The molecule has 1 aliphatic heterocycles. The van der Waals surface area contributed by atoms with Gasteiger partial charge in [0.05, 0.1) is 21.8 Å². The highest BCUT2D eigenvalue weighted by Crippen LogP contribution is 2.44. The molecule has 8 heteroatoms. The minimum atomic E-state index is -1.10. The van der Waals surface area contributed by atoms with E-state index in [9.17, 15) is 23.5 Å². The van der Waals surface area contributed by atoms with Gasteiger partial charge in [-0.25, -0.2) is 13.8 Å². The molecule has 33 heavy (non-hydrogen) atoms. The average Bonchev–Trinajstić information content (AvgIpc) is 3.32. The molecule has 1 aliphatic rings. The highest BCUT2D eigenvalue weighted by atomic mass is 32.1. The molecular weight excluding hydrogens is 446 g/mol.